The van der Waals surface area contributed by atoms with E-state index in [1.165, 1.54) is 14.0 Å². The van der Waals surface area contributed by atoms with Crippen molar-refractivity contribution in [2.24, 2.45) is 0 Å². The Balaban J connectivity index is 2.03. The molecule has 3 aromatic rings. The normalized spacial score (nSPS) is 11.3. The van der Waals surface area contributed by atoms with Gasteiger partial charge in [-0.3, -0.25) is 4.90 Å². The lowest BCUT2D eigenvalue weighted by Crippen LogP contribution is -2.44. The van der Waals surface area contributed by atoms with Crippen LogP contribution in [0.25, 0.3) is 11.1 Å². The summed E-state index contributed by atoms with van der Waals surface area (Å²) in [5.41, 5.74) is 2.50. The number of rotatable bonds is 8. The van der Waals surface area contributed by atoms with Gasteiger partial charge in [-0.1, -0.05) is 48.5 Å². The predicted molar refractivity (Wildman–Crippen MR) is 121 cm³/mol. The Morgan fingerprint density at radius 2 is 1.59 bits per heavy atom. The van der Waals surface area contributed by atoms with Crippen molar-refractivity contribution in [3.8, 4) is 22.6 Å². The molecule has 1 amide bonds. The van der Waals surface area contributed by atoms with Crippen LogP contribution in [0.5, 0.6) is 11.5 Å². The number of carbonyl (C=O) groups is 2. The molecule has 1 atom stereocenters. The quantitative estimate of drug-likeness (QED) is 0.537. The maximum Gasteiger partial charge on any atom is 0.415 e. The zero-order valence-electron chi connectivity index (χ0n) is 18.1. The largest absolute Gasteiger partial charge is 0.497 e. The summed E-state index contributed by atoms with van der Waals surface area (Å²) in [5, 5.41) is 9.69. The molecule has 0 heterocycles. The highest BCUT2D eigenvalue weighted by Gasteiger charge is 2.31. The van der Waals surface area contributed by atoms with Crippen molar-refractivity contribution >= 4 is 17.7 Å². The number of aliphatic carboxylic acids is 1. The van der Waals surface area contributed by atoms with Crippen molar-refractivity contribution in [1.29, 1.82) is 0 Å². The molecule has 0 aromatic heterocycles. The van der Waals surface area contributed by atoms with E-state index in [-0.39, 0.29) is 6.61 Å². The molecule has 0 saturated carbocycles. The minimum Gasteiger partial charge on any atom is -0.497 e. The van der Waals surface area contributed by atoms with Gasteiger partial charge in [0.25, 0.3) is 0 Å². The lowest BCUT2D eigenvalue weighted by atomic mass is 10.0. The van der Waals surface area contributed by atoms with E-state index in [0.717, 1.165) is 10.5 Å². The molecule has 0 unspecified atom stereocenters. The Morgan fingerprint density at radius 3 is 2.25 bits per heavy atom. The van der Waals surface area contributed by atoms with Crippen molar-refractivity contribution in [3.63, 3.8) is 0 Å². The van der Waals surface area contributed by atoms with Crippen molar-refractivity contribution in [3.05, 3.63) is 78.4 Å². The number of hydrogen-bond donors (Lipinski definition) is 1. The van der Waals surface area contributed by atoms with Crippen LogP contribution in [-0.4, -0.2) is 37.4 Å². The van der Waals surface area contributed by atoms with Crippen molar-refractivity contribution in [2.75, 3.05) is 19.1 Å². The number of carbonyl (C=O) groups excluding carboxylic acids is 1. The minimum absolute atomic E-state index is 0.0243. The molecule has 0 aliphatic rings. The first kappa shape index (κ1) is 22.7. The predicted octanol–water partition coefficient (Wildman–Crippen LogP) is 4.99. The number of amides is 1. The Kier molecular flexibility index (Phi) is 7.33. The lowest BCUT2D eigenvalue weighted by Gasteiger charge is -2.28. The average molecular weight is 435 g/mol. The zero-order valence-corrected chi connectivity index (χ0v) is 18.1. The van der Waals surface area contributed by atoms with Gasteiger partial charge in [-0.05, 0) is 30.7 Å². The highest BCUT2D eigenvalue weighted by Crippen LogP contribution is 2.39. The number of anilines is 1. The summed E-state index contributed by atoms with van der Waals surface area (Å²) >= 11 is 0. The lowest BCUT2D eigenvalue weighted by molar-refractivity contribution is -0.138. The van der Waals surface area contributed by atoms with Gasteiger partial charge in [0.15, 0.2) is 0 Å². The van der Waals surface area contributed by atoms with Gasteiger partial charge in [0.05, 0.1) is 19.9 Å². The highest BCUT2D eigenvalue weighted by atomic mass is 16.6. The van der Waals surface area contributed by atoms with E-state index in [9.17, 15) is 14.7 Å². The molecule has 0 radical (unpaired) electrons. The van der Waals surface area contributed by atoms with Crippen LogP contribution in [0.4, 0.5) is 10.5 Å². The SMILES string of the molecule is COc1ccc(-c2ccccc2N(C(=O)OCc2ccccc2)[C@@H](C)C(=O)O)c(OC)c1. The van der Waals surface area contributed by atoms with E-state index in [4.69, 9.17) is 14.2 Å². The standard InChI is InChI=1S/C25H25NO6/c1-17(24(27)28)26(25(29)32-16-18-9-5-4-6-10-18)22-12-8-7-11-20(22)21-14-13-19(30-2)15-23(21)31-3/h4-15,17H,16H2,1-3H3,(H,27,28)/t17-/m0/s1. The topological polar surface area (TPSA) is 85.3 Å². The van der Waals surface area contributed by atoms with Crippen LogP contribution in [0.2, 0.25) is 0 Å². The van der Waals surface area contributed by atoms with E-state index in [0.29, 0.717) is 28.3 Å². The summed E-state index contributed by atoms with van der Waals surface area (Å²) in [6, 6.07) is 20.4. The molecule has 3 rings (SSSR count). The van der Waals surface area contributed by atoms with Crippen LogP contribution in [0.1, 0.15) is 12.5 Å². The summed E-state index contributed by atoms with van der Waals surface area (Å²) in [7, 11) is 3.09. The number of carboxylic acids is 1. The maximum absolute atomic E-state index is 13.1. The Labute approximate surface area is 186 Å². The summed E-state index contributed by atoms with van der Waals surface area (Å²) in [6.45, 7) is 1.46. The second-order valence-corrected chi connectivity index (χ2v) is 7.01. The first-order valence-electron chi connectivity index (χ1n) is 10.0. The van der Waals surface area contributed by atoms with Gasteiger partial charge in [0.2, 0.25) is 0 Å². The first-order chi connectivity index (χ1) is 15.5. The summed E-state index contributed by atoms with van der Waals surface area (Å²) < 4.78 is 16.3. The van der Waals surface area contributed by atoms with Crippen molar-refractivity contribution < 1.29 is 28.9 Å². The minimum atomic E-state index is -1.16. The van der Waals surface area contributed by atoms with E-state index in [2.05, 4.69) is 0 Å². The van der Waals surface area contributed by atoms with Crippen LogP contribution in [-0.2, 0) is 16.1 Å². The second-order valence-electron chi connectivity index (χ2n) is 7.01. The average Bonchev–Trinajstić information content (AvgIpc) is 2.83. The van der Waals surface area contributed by atoms with Gasteiger partial charge in [0.1, 0.15) is 24.1 Å². The maximum atomic E-state index is 13.1. The van der Waals surface area contributed by atoms with Crippen LogP contribution in [0.3, 0.4) is 0 Å². The molecule has 0 spiro atoms. The molecule has 166 valence electrons. The number of para-hydroxylation sites is 1. The number of carboxylic acid groups (broad SMARTS) is 1. The third kappa shape index (κ3) is 5.00. The fourth-order valence-corrected chi connectivity index (χ4v) is 3.30. The zero-order chi connectivity index (χ0) is 23.1. The van der Waals surface area contributed by atoms with Gasteiger partial charge in [-0.15, -0.1) is 0 Å². The molecular formula is C25H25NO6. The molecule has 1 N–H and O–H groups in total. The van der Waals surface area contributed by atoms with Gasteiger partial charge in [-0.2, -0.15) is 0 Å². The molecule has 32 heavy (non-hydrogen) atoms. The Bertz CT molecular complexity index is 1080. The fourth-order valence-electron chi connectivity index (χ4n) is 3.30. The van der Waals surface area contributed by atoms with Crippen molar-refractivity contribution in [2.45, 2.75) is 19.6 Å². The number of ether oxygens (including phenoxy) is 3. The molecule has 7 heteroatoms. The highest BCUT2D eigenvalue weighted by molar-refractivity contribution is 5.99. The molecule has 0 saturated heterocycles. The molecule has 0 aliphatic carbocycles. The van der Waals surface area contributed by atoms with Gasteiger partial charge >= 0.3 is 12.1 Å². The van der Waals surface area contributed by atoms with Crippen LogP contribution in [0, 0.1) is 0 Å². The fraction of sp³-hybridized carbons (Fsp3) is 0.200. The second kappa shape index (κ2) is 10.3. The summed E-state index contributed by atoms with van der Waals surface area (Å²) in [5.74, 6) is -0.0170. The van der Waals surface area contributed by atoms with Crippen LogP contribution < -0.4 is 14.4 Å². The van der Waals surface area contributed by atoms with E-state index in [1.807, 2.05) is 30.3 Å². The summed E-state index contributed by atoms with van der Waals surface area (Å²) in [4.78, 5) is 26.1. The van der Waals surface area contributed by atoms with Crippen molar-refractivity contribution in [1.82, 2.24) is 0 Å². The van der Waals surface area contributed by atoms with Gasteiger partial charge in [0, 0.05) is 17.2 Å². The number of benzene rings is 3. The third-order valence-corrected chi connectivity index (χ3v) is 5.01. The van der Waals surface area contributed by atoms with E-state index < -0.39 is 18.1 Å². The monoisotopic (exact) mass is 435 g/mol. The molecule has 3 aromatic carbocycles. The molecule has 0 bridgehead atoms. The number of hydrogen-bond acceptors (Lipinski definition) is 5. The molecule has 7 nitrogen and oxygen atoms in total. The van der Waals surface area contributed by atoms with Crippen LogP contribution in [0.15, 0.2) is 72.8 Å². The molecule has 0 aliphatic heterocycles. The Hall–Kier alpha value is -4.00. The van der Waals surface area contributed by atoms with Gasteiger partial charge in [-0.25, -0.2) is 9.59 Å². The van der Waals surface area contributed by atoms with Crippen LogP contribution >= 0.6 is 0 Å². The van der Waals surface area contributed by atoms with E-state index >= 15 is 0 Å². The number of methoxy groups -OCH3 is 2. The smallest absolute Gasteiger partial charge is 0.415 e. The first-order valence-corrected chi connectivity index (χ1v) is 10.0. The third-order valence-electron chi connectivity index (χ3n) is 5.01. The van der Waals surface area contributed by atoms with Gasteiger partial charge < -0.3 is 19.3 Å². The molecular weight excluding hydrogens is 410 g/mol. The Morgan fingerprint density at radius 1 is 0.906 bits per heavy atom. The summed E-state index contributed by atoms with van der Waals surface area (Å²) in [6.07, 6.45) is -0.760. The van der Waals surface area contributed by atoms with E-state index in [1.54, 1.807) is 49.6 Å². The molecule has 0 fully saturated rings. The number of nitrogens with zero attached hydrogens (tertiary/aromatic N) is 1.